The molecule has 1 aromatic rings. The first kappa shape index (κ1) is 17.9. The van der Waals surface area contributed by atoms with Crippen molar-refractivity contribution >= 4 is 17.5 Å². The van der Waals surface area contributed by atoms with Crippen LogP contribution in [-0.4, -0.2) is 17.5 Å². The first-order chi connectivity index (χ1) is 10.5. The molecule has 0 aromatic heterocycles. The number of hydrazone groups is 1. The van der Waals surface area contributed by atoms with E-state index in [4.69, 9.17) is 0 Å². The fourth-order valence-electron chi connectivity index (χ4n) is 1.94. The van der Waals surface area contributed by atoms with E-state index in [0.29, 0.717) is 12.1 Å². The Kier molecular flexibility index (Phi) is 7.89. The molecule has 0 aliphatic heterocycles. The number of benzene rings is 1. The molecule has 0 aliphatic rings. The zero-order valence-electron chi connectivity index (χ0n) is 13.6. The normalized spacial score (nSPS) is 12.6. The Morgan fingerprint density at radius 3 is 2.50 bits per heavy atom. The molecule has 1 aromatic carbocycles. The van der Waals surface area contributed by atoms with Gasteiger partial charge in [0.25, 0.3) is 0 Å². The van der Waals surface area contributed by atoms with Gasteiger partial charge in [0, 0.05) is 12.1 Å². The summed E-state index contributed by atoms with van der Waals surface area (Å²) in [7, 11) is 0. The number of amides is 2. The topological polar surface area (TPSA) is 70.6 Å². The summed E-state index contributed by atoms with van der Waals surface area (Å²) in [5, 5.41) is 6.87. The molecule has 1 atom stereocenters. The number of carbonyl (C=O) groups excluding carboxylic acids is 2. The summed E-state index contributed by atoms with van der Waals surface area (Å²) < 4.78 is 0. The molecule has 5 heteroatoms. The molecular weight excluding hydrogens is 278 g/mol. The summed E-state index contributed by atoms with van der Waals surface area (Å²) in [4.78, 5) is 23.4. The zero-order chi connectivity index (χ0) is 16.4. The highest BCUT2D eigenvalue weighted by atomic mass is 16.2. The van der Waals surface area contributed by atoms with Crippen LogP contribution < -0.4 is 10.7 Å². The Hall–Kier alpha value is -2.17. The molecule has 5 nitrogen and oxygen atoms in total. The van der Waals surface area contributed by atoms with Gasteiger partial charge >= 0.3 is 0 Å². The minimum Gasteiger partial charge on any atom is -0.349 e. The maximum absolute atomic E-state index is 11.9. The maximum Gasteiger partial charge on any atom is 0.240 e. The molecule has 1 unspecified atom stereocenters. The second-order valence-electron chi connectivity index (χ2n) is 5.36. The molecule has 2 amide bonds. The molecule has 120 valence electrons. The van der Waals surface area contributed by atoms with Crippen molar-refractivity contribution < 1.29 is 9.59 Å². The molecule has 0 fully saturated rings. The van der Waals surface area contributed by atoms with Gasteiger partial charge in [-0.05, 0) is 25.8 Å². The van der Waals surface area contributed by atoms with Crippen molar-refractivity contribution in [1.82, 2.24) is 10.7 Å². The Labute approximate surface area is 132 Å². The van der Waals surface area contributed by atoms with E-state index >= 15 is 0 Å². The van der Waals surface area contributed by atoms with Gasteiger partial charge in [-0.25, -0.2) is 5.43 Å². The van der Waals surface area contributed by atoms with Crippen LogP contribution in [0.5, 0.6) is 0 Å². The Bertz CT molecular complexity index is 512. The van der Waals surface area contributed by atoms with Gasteiger partial charge in [-0.1, -0.05) is 43.7 Å². The van der Waals surface area contributed by atoms with Crippen molar-refractivity contribution in [3.8, 4) is 0 Å². The molecule has 0 aliphatic carbocycles. The molecule has 0 bridgehead atoms. The lowest BCUT2D eigenvalue weighted by Crippen LogP contribution is -2.28. The van der Waals surface area contributed by atoms with E-state index in [9.17, 15) is 9.59 Å². The lowest BCUT2D eigenvalue weighted by atomic mass is 10.1. The maximum atomic E-state index is 11.9. The number of hydrogen-bond acceptors (Lipinski definition) is 3. The van der Waals surface area contributed by atoms with Gasteiger partial charge < -0.3 is 5.32 Å². The molecule has 0 saturated heterocycles. The minimum atomic E-state index is -0.112. The quantitative estimate of drug-likeness (QED) is 0.572. The summed E-state index contributed by atoms with van der Waals surface area (Å²) in [5.41, 5.74) is 4.12. The summed E-state index contributed by atoms with van der Waals surface area (Å²) in [6.07, 6.45) is 2.45. The predicted molar refractivity (Wildman–Crippen MR) is 88.4 cm³/mol. The van der Waals surface area contributed by atoms with Crippen LogP contribution in [0.3, 0.4) is 0 Å². The van der Waals surface area contributed by atoms with Crippen LogP contribution in [0.4, 0.5) is 0 Å². The Morgan fingerprint density at radius 1 is 1.18 bits per heavy atom. The third-order valence-electron chi connectivity index (χ3n) is 3.22. The number of nitrogens with one attached hydrogen (secondary N) is 2. The second-order valence-corrected chi connectivity index (χ2v) is 5.36. The first-order valence-electron chi connectivity index (χ1n) is 7.69. The molecule has 0 heterocycles. The summed E-state index contributed by atoms with van der Waals surface area (Å²) in [5.74, 6) is -0.223. The Balaban J connectivity index is 2.39. The molecule has 22 heavy (non-hydrogen) atoms. The van der Waals surface area contributed by atoms with Gasteiger partial charge in [-0.15, -0.1) is 0 Å². The van der Waals surface area contributed by atoms with Crippen LogP contribution in [0.1, 0.15) is 58.1 Å². The van der Waals surface area contributed by atoms with E-state index in [2.05, 4.69) is 15.8 Å². The van der Waals surface area contributed by atoms with E-state index in [1.54, 1.807) is 6.92 Å². The smallest absolute Gasteiger partial charge is 0.240 e. The van der Waals surface area contributed by atoms with Gasteiger partial charge in [-0.2, -0.15) is 5.10 Å². The molecule has 0 spiro atoms. The summed E-state index contributed by atoms with van der Waals surface area (Å²) >= 11 is 0. The molecule has 2 N–H and O–H groups in total. The first-order valence-corrected chi connectivity index (χ1v) is 7.69. The third kappa shape index (κ3) is 7.02. The molecule has 1 rings (SSSR count). The average molecular weight is 303 g/mol. The van der Waals surface area contributed by atoms with Crippen LogP contribution >= 0.6 is 0 Å². The van der Waals surface area contributed by atoms with E-state index in [-0.39, 0.29) is 24.3 Å². The van der Waals surface area contributed by atoms with Crippen LogP contribution in [0, 0.1) is 0 Å². The number of hydrogen-bond donors (Lipinski definition) is 2. The highest BCUT2D eigenvalue weighted by Crippen LogP contribution is 2.11. The van der Waals surface area contributed by atoms with Crippen LogP contribution in [0.25, 0.3) is 0 Å². The van der Waals surface area contributed by atoms with E-state index in [0.717, 1.165) is 18.4 Å². The standard InChI is InChI=1S/C17H25N3O2/c1-4-5-11-16(21)20-19-13(2)12-17(22)18-14(3)15-9-7-6-8-10-15/h6-10,14H,4-5,11-12H2,1-3H3,(H,18,22)(H,20,21)/b19-13+. The minimum absolute atomic E-state index is 0.0550. The monoisotopic (exact) mass is 303 g/mol. The average Bonchev–Trinajstić information content (AvgIpc) is 2.51. The highest BCUT2D eigenvalue weighted by molar-refractivity contribution is 6.00. The summed E-state index contributed by atoms with van der Waals surface area (Å²) in [6, 6.07) is 9.71. The molecule has 0 saturated carbocycles. The molecular formula is C17H25N3O2. The fourth-order valence-corrected chi connectivity index (χ4v) is 1.94. The van der Waals surface area contributed by atoms with Crippen molar-refractivity contribution in [2.24, 2.45) is 5.10 Å². The van der Waals surface area contributed by atoms with Gasteiger partial charge in [0.15, 0.2) is 0 Å². The lowest BCUT2D eigenvalue weighted by molar-refractivity contribution is -0.122. The van der Waals surface area contributed by atoms with Crippen molar-refractivity contribution in [3.63, 3.8) is 0 Å². The predicted octanol–water partition coefficient (Wildman–Crippen LogP) is 2.94. The number of nitrogens with zero attached hydrogens (tertiary/aromatic N) is 1. The highest BCUT2D eigenvalue weighted by Gasteiger charge is 2.10. The van der Waals surface area contributed by atoms with Crippen molar-refractivity contribution in [3.05, 3.63) is 35.9 Å². The van der Waals surface area contributed by atoms with Gasteiger partial charge in [0.05, 0.1) is 12.5 Å². The van der Waals surface area contributed by atoms with Gasteiger partial charge in [0.2, 0.25) is 11.8 Å². The number of carbonyl (C=O) groups is 2. The van der Waals surface area contributed by atoms with Gasteiger partial charge in [0.1, 0.15) is 0 Å². The van der Waals surface area contributed by atoms with Crippen LogP contribution in [0.15, 0.2) is 35.4 Å². The van der Waals surface area contributed by atoms with E-state index in [1.807, 2.05) is 44.2 Å². The largest absolute Gasteiger partial charge is 0.349 e. The number of rotatable bonds is 8. The van der Waals surface area contributed by atoms with Crippen LogP contribution in [-0.2, 0) is 9.59 Å². The van der Waals surface area contributed by atoms with Crippen LogP contribution in [0.2, 0.25) is 0 Å². The lowest BCUT2D eigenvalue weighted by Gasteiger charge is -2.14. The van der Waals surface area contributed by atoms with Crippen molar-refractivity contribution in [2.75, 3.05) is 0 Å². The SMILES string of the molecule is CCCCC(=O)N/N=C(\C)CC(=O)NC(C)c1ccccc1. The zero-order valence-corrected chi connectivity index (χ0v) is 13.6. The molecule has 0 radical (unpaired) electrons. The Morgan fingerprint density at radius 2 is 1.86 bits per heavy atom. The van der Waals surface area contributed by atoms with Crippen molar-refractivity contribution in [2.45, 2.75) is 52.5 Å². The fraction of sp³-hybridized carbons (Fsp3) is 0.471. The third-order valence-corrected chi connectivity index (χ3v) is 3.22. The van der Waals surface area contributed by atoms with E-state index < -0.39 is 0 Å². The van der Waals surface area contributed by atoms with E-state index in [1.165, 1.54) is 0 Å². The number of unbranched alkanes of at least 4 members (excludes halogenated alkanes) is 1. The van der Waals surface area contributed by atoms with Crippen molar-refractivity contribution in [1.29, 1.82) is 0 Å². The van der Waals surface area contributed by atoms with Gasteiger partial charge in [-0.3, -0.25) is 9.59 Å². The summed E-state index contributed by atoms with van der Waals surface area (Å²) in [6.45, 7) is 5.69. The second kappa shape index (κ2) is 9.71.